The zero-order chi connectivity index (χ0) is 13.7. The topological polar surface area (TPSA) is 55.6 Å². The second kappa shape index (κ2) is 6.35. The van der Waals surface area contributed by atoms with E-state index in [2.05, 4.69) is 4.74 Å². The molecule has 4 nitrogen and oxygen atoms in total. The van der Waals surface area contributed by atoms with E-state index in [-0.39, 0.29) is 5.97 Å². The highest BCUT2D eigenvalue weighted by Crippen LogP contribution is 2.20. The smallest absolute Gasteiger partial charge is 0.307 e. The van der Waals surface area contributed by atoms with Crippen molar-refractivity contribution in [1.82, 2.24) is 0 Å². The maximum Gasteiger partial charge on any atom is 0.307 e. The van der Waals surface area contributed by atoms with Crippen LogP contribution in [0, 0.1) is 6.92 Å². The van der Waals surface area contributed by atoms with Gasteiger partial charge in [-0.05, 0) is 30.7 Å². The Labute approximate surface area is 113 Å². The molecule has 1 rings (SSSR count). The average Bonchev–Trinajstić information content (AvgIpc) is 2.35. The van der Waals surface area contributed by atoms with Crippen LogP contribution in [0.2, 0.25) is 0 Å². The molecule has 0 fully saturated rings. The number of nitrogens with zero attached hydrogens (tertiary/aromatic N) is 1. The van der Waals surface area contributed by atoms with E-state index in [1.807, 2.05) is 37.1 Å². The van der Waals surface area contributed by atoms with Gasteiger partial charge in [0.15, 0.2) is 0 Å². The fraction of sp³-hybridized carbons (Fsp3) is 0.385. The molecular formula is C13H18N2O2S. The van der Waals surface area contributed by atoms with Gasteiger partial charge in [0.1, 0.15) is 4.99 Å². The van der Waals surface area contributed by atoms with Gasteiger partial charge < -0.3 is 15.4 Å². The molecule has 0 saturated heterocycles. The molecule has 0 atom stereocenters. The molecule has 0 spiro atoms. The highest BCUT2D eigenvalue weighted by atomic mass is 32.1. The first-order chi connectivity index (χ1) is 8.45. The van der Waals surface area contributed by atoms with E-state index in [4.69, 9.17) is 18.0 Å². The van der Waals surface area contributed by atoms with Gasteiger partial charge in [-0.25, -0.2) is 0 Å². The van der Waals surface area contributed by atoms with Crippen molar-refractivity contribution >= 4 is 28.9 Å². The van der Waals surface area contributed by atoms with Crippen LogP contribution in [0.3, 0.4) is 0 Å². The van der Waals surface area contributed by atoms with Crippen LogP contribution in [-0.4, -0.2) is 31.7 Å². The Kier molecular flexibility index (Phi) is 5.09. The van der Waals surface area contributed by atoms with E-state index in [1.165, 1.54) is 7.11 Å². The monoisotopic (exact) mass is 266 g/mol. The second-order valence-electron chi connectivity index (χ2n) is 4.11. The minimum absolute atomic E-state index is 0.209. The average molecular weight is 266 g/mol. The molecule has 18 heavy (non-hydrogen) atoms. The lowest BCUT2D eigenvalue weighted by Gasteiger charge is -2.21. The van der Waals surface area contributed by atoms with Gasteiger partial charge in [-0.1, -0.05) is 12.2 Å². The minimum atomic E-state index is -0.209. The van der Waals surface area contributed by atoms with Gasteiger partial charge in [0.2, 0.25) is 0 Å². The summed E-state index contributed by atoms with van der Waals surface area (Å²) in [7, 11) is 3.33. The van der Waals surface area contributed by atoms with Crippen LogP contribution in [0.1, 0.15) is 17.5 Å². The lowest BCUT2D eigenvalue weighted by atomic mass is 10.1. The van der Waals surface area contributed by atoms with Crippen LogP contribution >= 0.6 is 12.2 Å². The number of hydrogen-bond acceptors (Lipinski definition) is 4. The molecule has 0 saturated carbocycles. The molecule has 1 aromatic carbocycles. The summed E-state index contributed by atoms with van der Waals surface area (Å²) in [5, 5.41) is 0. The van der Waals surface area contributed by atoms with Crippen LogP contribution in [0.4, 0.5) is 5.69 Å². The molecule has 0 unspecified atom stereocenters. The van der Waals surface area contributed by atoms with Crippen molar-refractivity contribution in [3.05, 3.63) is 29.3 Å². The third-order valence-corrected chi connectivity index (χ3v) is 3.01. The number of carbonyl (C=O) groups is 1. The van der Waals surface area contributed by atoms with Crippen molar-refractivity contribution in [3.8, 4) is 0 Å². The Morgan fingerprint density at radius 3 is 2.67 bits per heavy atom. The highest BCUT2D eigenvalue weighted by Gasteiger charge is 2.08. The zero-order valence-electron chi connectivity index (χ0n) is 10.9. The van der Waals surface area contributed by atoms with Gasteiger partial charge in [-0.15, -0.1) is 0 Å². The van der Waals surface area contributed by atoms with Gasteiger partial charge in [0, 0.05) is 24.8 Å². The van der Waals surface area contributed by atoms with Crippen molar-refractivity contribution in [1.29, 1.82) is 0 Å². The summed E-state index contributed by atoms with van der Waals surface area (Å²) in [6, 6.07) is 5.80. The van der Waals surface area contributed by atoms with Gasteiger partial charge in [0.25, 0.3) is 0 Å². The molecular weight excluding hydrogens is 248 g/mol. The first kappa shape index (κ1) is 14.4. The SMILES string of the molecule is COC(=O)CCN(C)c1ccc(C(N)=S)cc1C. The second-order valence-corrected chi connectivity index (χ2v) is 4.55. The Morgan fingerprint density at radius 1 is 1.50 bits per heavy atom. The van der Waals surface area contributed by atoms with E-state index in [0.29, 0.717) is 18.0 Å². The van der Waals surface area contributed by atoms with Crippen LogP contribution in [0.25, 0.3) is 0 Å². The maximum absolute atomic E-state index is 11.1. The number of nitrogens with two attached hydrogens (primary N) is 1. The number of rotatable bonds is 5. The molecule has 5 heteroatoms. The summed E-state index contributed by atoms with van der Waals surface area (Å²) in [4.78, 5) is 13.5. The predicted molar refractivity (Wildman–Crippen MR) is 77.0 cm³/mol. The van der Waals surface area contributed by atoms with E-state index in [1.54, 1.807) is 0 Å². The van der Waals surface area contributed by atoms with Crippen LogP contribution < -0.4 is 10.6 Å². The summed E-state index contributed by atoms with van der Waals surface area (Å²) in [5.74, 6) is -0.209. The highest BCUT2D eigenvalue weighted by molar-refractivity contribution is 7.80. The molecule has 2 N–H and O–H groups in total. The molecule has 0 aliphatic rings. The van der Waals surface area contributed by atoms with Gasteiger partial charge >= 0.3 is 5.97 Å². The standard InChI is InChI=1S/C13H18N2O2S/c1-9-8-10(13(14)18)4-5-11(9)15(2)7-6-12(16)17-3/h4-5,8H,6-7H2,1-3H3,(H2,14,18). The van der Waals surface area contributed by atoms with Crippen molar-refractivity contribution in [3.63, 3.8) is 0 Å². The Balaban J connectivity index is 2.77. The van der Waals surface area contributed by atoms with Crippen molar-refractivity contribution in [2.75, 3.05) is 25.6 Å². The van der Waals surface area contributed by atoms with E-state index in [0.717, 1.165) is 16.8 Å². The molecule has 98 valence electrons. The van der Waals surface area contributed by atoms with Crippen molar-refractivity contribution in [2.45, 2.75) is 13.3 Å². The Morgan fingerprint density at radius 2 is 2.17 bits per heavy atom. The molecule has 1 aromatic rings. The zero-order valence-corrected chi connectivity index (χ0v) is 11.7. The summed E-state index contributed by atoms with van der Waals surface area (Å²) in [6.07, 6.45) is 0.365. The van der Waals surface area contributed by atoms with Gasteiger partial charge in [0.05, 0.1) is 13.5 Å². The molecule has 0 heterocycles. The maximum atomic E-state index is 11.1. The predicted octanol–water partition coefficient (Wildman–Crippen LogP) is 1.63. The lowest BCUT2D eigenvalue weighted by Crippen LogP contribution is -2.22. The number of hydrogen-bond donors (Lipinski definition) is 1. The first-order valence-electron chi connectivity index (χ1n) is 5.64. The number of anilines is 1. The normalized spacial score (nSPS) is 9.94. The minimum Gasteiger partial charge on any atom is -0.469 e. The molecule has 0 bridgehead atoms. The molecule has 0 aliphatic heterocycles. The van der Waals surface area contributed by atoms with Crippen molar-refractivity contribution in [2.24, 2.45) is 5.73 Å². The Hall–Kier alpha value is -1.62. The number of aryl methyl sites for hydroxylation is 1. The molecule has 0 aliphatic carbocycles. The van der Waals surface area contributed by atoms with E-state index >= 15 is 0 Å². The fourth-order valence-corrected chi connectivity index (χ4v) is 1.85. The van der Waals surface area contributed by atoms with E-state index < -0.39 is 0 Å². The number of esters is 1. The summed E-state index contributed by atoms with van der Waals surface area (Å²) in [5.41, 5.74) is 8.57. The molecule has 0 radical (unpaired) electrons. The largest absolute Gasteiger partial charge is 0.469 e. The summed E-state index contributed by atoms with van der Waals surface area (Å²) < 4.78 is 4.62. The number of thiocarbonyl (C=S) groups is 1. The Bertz CT molecular complexity index is 460. The van der Waals surface area contributed by atoms with Crippen molar-refractivity contribution < 1.29 is 9.53 Å². The van der Waals surface area contributed by atoms with Crippen LogP contribution in [0.15, 0.2) is 18.2 Å². The summed E-state index contributed by atoms with van der Waals surface area (Å²) >= 11 is 4.93. The lowest BCUT2D eigenvalue weighted by molar-refractivity contribution is -0.140. The first-order valence-corrected chi connectivity index (χ1v) is 6.05. The third-order valence-electron chi connectivity index (χ3n) is 2.77. The molecule has 0 aromatic heterocycles. The summed E-state index contributed by atoms with van der Waals surface area (Å²) in [6.45, 7) is 2.60. The van der Waals surface area contributed by atoms with Crippen LogP contribution in [-0.2, 0) is 9.53 Å². The third kappa shape index (κ3) is 3.70. The fourth-order valence-electron chi connectivity index (χ4n) is 1.72. The van der Waals surface area contributed by atoms with Gasteiger partial charge in [-0.3, -0.25) is 4.79 Å². The van der Waals surface area contributed by atoms with Gasteiger partial charge in [-0.2, -0.15) is 0 Å². The number of ether oxygens (including phenoxy) is 1. The van der Waals surface area contributed by atoms with Crippen LogP contribution in [0.5, 0.6) is 0 Å². The molecule has 0 amide bonds. The number of benzene rings is 1. The number of carbonyl (C=O) groups excluding carboxylic acids is 1. The number of methoxy groups -OCH3 is 1. The van der Waals surface area contributed by atoms with E-state index in [9.17, 15) is 4.79 Å². The quantitative estimate of drug-likeness (QED) is 0.648.